The first-order valence-corrected chi connectivity index (χ1v) is 11.7. The van der Waals surface area contributed by atoms with Crippen LogP contribution in [-0.4, -0.2) is 6.61 Å². The van der Waals surface area contributed by atoms with Gasteiger partial charge in [0.15, 0.2) is 11.6 Å². The van der Waals surface area contributed by atoms with Gasteiger partial charge in [-0.15, -0.1) is 0 Å². The summed E-state index contributed by atoms with van der Waals surface area (Å²) in [6.07, 6.45) is 8.95. The molecule has 0 radical (unpaired) electrons. The third kappa shape index (κ3) is 3.73. The van der Waals surface area contributed by atoms with Crippen molar-refractivity contribution in [3.8, 4) is 22.9 Å². The van der Waals surface area contributed by atoms with Gasteiger partial charge in [0.25, 0.3) is 0 Å². The predicted octanol–water partition coefficient (Wildman–Crippen LogP) is 7.22. The third-order valence-electron chi connectivity index (χ3n) is 8.12. The largest absolute Gasteiger partial charge is 0.490 e. The Bertz CT molecular complexity index is 1020. The van der Waals surface area contributed by atoms with Gasteiger partial charge in [-0.25, -0.2) is 8.78 Å². The van der Waals surface area contributed by atoms with Crippen molar-refractivity contribution in [2.24, 2.45) is 23.7 Å². The molecule has 3 unspecified atom stereocenters. The highest BCUT2D eigenvalue weighted by Gasteiger charge is 2.40. The van der Waals surface area contributed by atoms with E-state index in [1.807, 2.05) is 6.07 Å². The van der Waals surface area contributed by atoms with E-state index in [4.69, 9.17) is 10.00 Å². The van der Waals surface area contributed by atoms with E-state index in [0.29, 0.717) is 35.3 Å². The van der Waals surface area contributed by atoms with Gasteiger partial charge >= 0.3 is 0 Å². The fraction of sp³-hybridized carbons (Fsp3) is 0.519. The van der Waals surface area contributed by atoms with Crippen LogP contribution in [0.5, 0.6) is 5.75 Å². The Morgan fingerprint density at radius 2 is 1.71 bits per heavy atom. The molecule has 0 bridgehead atoms. The number of ether oxygens (including phenoxy) is 1. The minimum absolute atomic E-state index is 0.0367. The maximum Gasteiger partial charge on any atom is 0.173 e. The van der Waals surface area contributed by atoms with E-state index in [9.17, 15) is 4.39 Å². The first kappa shape index (κ1) is 20.5. The van der Waals surface area contributed by atoms with Crippen LogP contribution in [-0.2, 0) is 0 Å². The summed E-state index contributed by atoms with van der Waals surface area (Å²) in [6.45, 7) is 2.94. The van der Waals surface area contributed by atoms with Crippen molar-refractivity contribution >= 4 is 0 Å². The highest BCUT2D eigenvalue weighted by molar-refractivity contribution is 5.68. The van der Waals surface area contributed by atoms with Gasteiger partial charge in [0.05, 0.1) is 12.2 Å². The molecule has 2 saturated carbocycles. The highest BCUT2D eigenvalue weighted by Crippen LogP contribution is 2.51. The summed E-state index contributed by atoms with van der Waals surface area (Å²) in [4.78, 5) is 0. The Morgan fingerprint density at radius 3 is 2.45 bits per heavy atom. The maximum atomic E-state index is 15.4. The lowest BCUT2D eigenvalue weighted by atomic mass is 9.64. The number of fused-ring (bicyclic) bond motifs is 3. The molecule has 1 heterocycles. The molecule has 0 aromatic heterocycles. The molecule has 2 aromatic carbocycles. The molecule has 4 heteroatoms. The van der Waals surface area contributed by atoms with Gasteiger partial charge in [0.1, 0.15) is 11.9 Å². The smallest absolute Gasteiger partial charge is 0.173 e. The summed E-state index contributed by atoms with van der Waals surface area (Å²) in [5.41, 5.74) is 1.69. The van der Waals surface area contributed by atoms with Gasteiger partial charge in [-0.2, -0.15) is 5.26 Å². The van der Waals surface area contributed by atoms with Gasteiger partial charge < -0.3 is 4.74 Å². The van der Waals surface area contributed by atoms with Crippen LogP contribution in [0.4, 0.5) is 8.78 Å². The molecule has 2 nitrogen and oxygen atoms in total. The molecule has 3 atom stereocenters. The number of rotatable bonds is 2. The SMILES string of the molecule is CC1CCC(C2CCC3c4ccc(-c5ccc(C#N)c(F)c5)c(F)c4OCC3C2)CC1. The molecule has 5 rings (SSSR count). The Kier molecular flexibility index (Phi) is 5.46. The van der Waals surface area contributed by atoms with Crippen molar-refractivity contribution in [3.05, 3.63) is 53.1 Å². The zero-order chi connectivity index (χ0) is 21.5. The van der Waals surface area contributed by atoms with E-state index in [1.165, 1.54) is 50.7 Å². The summed E-state index contributed by atoms with van der Waals surface area (Å²) in [5, 5.41) is 8.93. The lowest BCUT2D eigenvalue weighted by molar-refractivity contribution is 0.0837. The average molecular weight is 422 g/mol. The summed E-state index contributed by atoms with van der Waals surface area (Å²) >= 11 is 0. The number of hydrogen-bond acceptors (Lipinski definition) is 2. The Hall–Kier alpha value is -2.41. The van der Waals surface area contributed by atoms with Gasteiger partial charge in [-0.05, 0) is 73.5 Å². The number of nitrogens with zero attached hydrogens (tertiary/aromatic N) is 1. The minimum Gasteiger partial charge on any atom is -0.490 e. The molecule has 0 saturated heterocycles. The molecule has 3 aliphatic rings. The standard InChI is InChI=1S/C27H29F2NO/c1-16-2-4-17(5-3-16)18-8-9-22-21(12-18)15-31-27-24(22)11-10-23(26(27)29)19-6-7-20(14-30)25(28)13-19/h6-7,10-11,13,16-18,21-22H,2-5,8-9,12,15H2,1H3. The molecule has 0 N–H and O–H groups in total. The second-order valence-electron chi connectivity index (χ2n) is 9.92. The molecule has 162 valence electrons. The van der Waals surface area contributed by atoms with Crippen LogP contribution in [0.1, 0.15) is 68.9 Å². The maximum absolute atomic E-state index is 15.4. The quantitative estimate of drug-likeness (QED) is 0.513. The third-order valence-corrected chi connectivity index (χ3v) is 8.12. The Labute approximate surface area is 183 Å². The van der Waals surface area contributed by atoms with Crippen molar-refractivity contribution in [2.75, 3.05) is 6.61 Å². The fourth-order valence-corrected chi connectivity index (χ4v) is 6.28. The predicted molar refractivity (Wildman–Crippen MR) is 117 cm³/mol. The lowest BCUT2D eigenvalue weighted by Gasteiger charge is -2.44. The van der Waals surface area contributed by atoms with E-state index >= 15 is 4.39 Å². The summed E-state index contributed by atoms with van der Waals surface area (Å²) in [7, 11) is 0. The number of halogens is 2. The average Bonchev–Trinajstić information content (AvgIpc) is 2.79. The highest BCUT2D eigenvalue weighted by atomic mass is 19.1. The van der Waals surface area contributed by atoms with Gasteiger partial charge in [0.2, 0.25) is 0 Å². The van der Waals surface area contributed by atoms with Crippen LogP contribution in [0, 0.1) is 46.6 Å². The van der Waals surface area contributed by atoms with Crippen molar-refractivity contribution in [2.45, 2.75) is 57.8 Å². The van der Waals surface area contributed by atoms with Crippen LogP contribution in [0.15, 0.2) is 30.3 Å². The van der Waals surface area contributed by atoms with E-state index in [-0.39, 0.29) is 5.56 Å². The molecule has 31 heavy (non-hydrogen) atoms. The summed E-state index contributed by atoms with van der Waals surface area (Å²) < 4.78 is 35.5. The number of benzene rings is 2. The second kappa shape index (κ2) is 8.26. The van der Waals surface area contributed by atoms with Crippen molar-refractivity contribution in [1.82, 2.24) is 0 Å². The van der Waals surface area contributed by atoms with Crippen molar-refractivity contribution in [3.63, 3.8) is 0 Å². The second-order valence-corrected chi connectivity index (χ2v) is 9.92. The monoisotopic (exact) mass is 421 g/mol. The van der Waals surface area contributed by atoms with Gasteiger partial charge in [-0.3, -0.25) is 0 Å². The normalized spacial score (nSPS) is 29.9. The molecule has 1 aliphatic heterocycles. The molecule has 2 fully saturated rings. The summed E-state index contributed by atoms with van der Waals surface area (Å²) in [6, 6.07) is 9.74. The van der Waals surface area contributed by atoms with Crippen LogP contribution in [0.2, 0.25) is 0 Å². The van der Waals surface area contributed by atoms with E-state index in [0.717, 1.165) is 29.7 Å². The van der Waals surface area contributed by atoms with Crippen molar-refractivity contribution < 1.29 is 13.5 Å². The van der Waals surface area contributed by atoms with Crippen LogP contribution >= 0.6 is 0 Å². The van der Waals surface area contributed by atoms with Crippen LogP contribution in [0.25, 0.3) is 11.1 Å². The Balaban J connectivity index is 1.37. The van der Waals surface area contributed by atoms with Crippen LogP contribution < -0.4 is 4.74 Å². The zero-order valence-electron chi connectivity index (χ0n) is 18.0. The summed E-state index contributed by atoms with van der Waals surface area (Å²) in [5.74, 6) is 2.62. The lowest BCUT2D eigenvalue weighted by Crippen LogP contribution is -2.35. The van der Waals surface area contributed by atoms with E-state index in [2.05, 4.69) is 6.92 Å². The van der Waals surface area contributed by atoms with Gasteiger partial charge in [0, 0.05) is 17.0 Å². The molecule has 2 aliphatic carbocycles. The topological polar surface area (TPSA) is 33.0 Å². The number of hydrogen-bond donors (Lipinski definition) is 0. The van der Waals surface area contributed by atoms with Crippen molar-refractivity contribution in [1.29, 1.82) is 5.26 Å². The molecule has 0 spiro atoms. The van der Waals surface area contributed by atoms with E-state index < -0.39 is 11.6 Å². The molecule has 2 aromatic rings. The number of nitriles is 1. The first-order chi connectivity index (χ1) is 15.0. The Morgan fingerprint density at radius 1 is 0.935 bits per heavy atom. The first-order valence-electron chi connectivity index (χ1n) is 11.7. The molecule has 0 amide bonds. The fourth-order valence-electron chi connectivity index (χ4n) is 6.28. The van der Waals surface area contributed by atoms with Gasteiger partial charge in [-0.1, -0.05) is 38.0 Å². The molecular weight excluding hydrogens is 392 g/mol. The molecular formula is C27H29F2NO. The zero-order valence-corrected chi connectivity index (χ0v) is 18.0. The van der Waals surface area contributed by atoms with E-state index in [1.54, 1.807) is 18.2 Å². The van der Waals surface area contributed by atoms with Crippen LogP contribution in [0.3, 0.4) is 0 Å². The minimum atomic E-state index is -0.631.